The number of hydrogen-bond donors (Lipinski definition) is 2. The third kappa shape index (κ3) is 3.02. The molecule has 0 radical (unpaired) electrons. The maximum Gasteiger partial charge on any atom is 0.221 e. The lowest BCUT2D eigenvalue weighted by Crippen LogP contribution is -2.27. The second-order valence-corrected chi connectivity index (χ2v) is 4.90. The van der Waals surface area contributed by atoms with Gasteiger partial charge in [0.1, 0.15) is 5.82 Å². The predicted octanol–water partition coefficient (Wildman–Crippen LogP) is 2.32. The molecule has 0 unspecified atom stereocenters. The van der Waals surface area contributed by atoms with E-state index in [1.54, 1.807) is 6.20 Å². The molecule has 1 aliphatic rings. The van der Waals surface area contributed by atoms with E-state index in [0.717, 1.165) is 29.4 Å². The van der Waals surface area contributed by atoms with Crippen LogP contribution in [0, 0.1) is 0 Å². The Labute approximate surface area is 112 Å². The molecule has 0 bridgehead atoms. The van der Waals surface area contributed by atoms with Gasteiger partial charge >= 0.3 is 0 Å². The molecule has 1 aliphatic carbocycles. The van der Waals surface area contributed by atoms with Crippen molar-refractivity contribution < 1.29 is 4.79 Å². The number of anilines is 1. The minimum absolute atomic E-state index is 0.121. The van der Waals surface area contributed by atoms with E-state index in [-0.39, 0.29) is 5.91 Å². The highest BCUT2D eigenvalue weighted by Crippen LogP contribution is 2.20. The number of rotatable bonds is 5. The number of carbonyl (C=O) groups is 1. The highest BCUT2D eigenvalue weighted by atomic mass is 16.1. The van der Waals surface area contributed by atoms with Crippen LogP contribution in [0.2, 0.25) is 0 Å². The summed E-state index contributed by atoms with van der Waals surface area (Å²) < 4.78 is 0. The lowest BCUT2D eigenvalue weighted by Gasteiger charge is -2.08. The summed E-state index contributed by atoms with van der Waals surface area (Å²) in [5.41, 5.74) is 0. The van der Waals surface area contributed by atoms with Gasteiger partial charge in [0, 0.05) is 30.6 Å². The first-order chi connectivity index (χ1) is 9.33. The zero-order valence-electron chi connectivity index (χ0n) is 10.7. The maximum atomic E-state index is 11.6. The Kier molecular flexibility index (Phi) is 3.31. The van der Waals surface area contributed by atoms with Crippen LogP contribution in [-0.4, -0.2) is 23.5 Å². The summed E-state index contributed by atoms with van der Waals surface area (Å²) in [4.78, 5) is 15.9. The summed E-state index contributed by atoms with van der Waals surface area (Å²) in [6.07, 6.45) is 4.53. The molecule has 1 heterocycles. The minimum atomic E-state index is 0.121. The Bertz CT molecular complexity index is 587. The number of amides is 1. The number of fused-ring (bicyclic) bond motifs is 1. The molecule has 2 aromatic rings. The molecule has 3 rings (SSSR count). The van der Waals surface area contributed by atoms with Crippen molar-refractivity contribution in [3.05, 3.63) is 36.5 Å². The van der Waals surface area contributed by atoms with Gasteiger partial charge in [0.05, 0.1) is 0 Å². The molecular formula is C15H17N3O. The van der Waals surface area contributed by atoms with E-state index in [9.17, 15) is 4.79 Å². The van der Waals surface area contributed by atoms with Crippen LogP contribution in [0.1, 0.15) is 19.3 Å². The summed E-state index contributed by atoms with van der Waals surface area (Å²) in [6, 6.07) is 10.5. The summed E-state index contributed by atoms with van der Waals surface area (Å²) in [6.45, 7) is 0.611. The van der Waals surface area contributed by atoms with Gasteiger partial charge in [0.15, 0.2) is 0 Å². The topological polar surface area (TPSA) is 54.0 Å². The van der Waals surface area contributed by atoms with E-state index in [1.165, 1.54) is 0 Å². The fourth-order valence-electron chi connectivity index (χ4n) is 2.08. The Morgan fingerprint density at radius 3 is 2.95 bits per heavy atom. The number of benzene rings is 1. The standard InChI is InChI=1S/C15H17N3O/c19-14(18-12-5-6-12)8-10-17-15-13-4-2-1-3-11(13)7-9-16-15/h1-4,7,9,12H,5-6,8,10H2,(H,16,17)(H,18,19). The van der Waals surface area contributed by atoms with E-state index in [4.69, 9.17) is 0 Å². The van der Waals surface area contributed by atoms with Crippen molar-refractivity contribution in [1.29, 1.82) is 0 Å². The van der Waals surface area contributed by atoms with Crippen LogP contribution >= 0.6 is 0 Å². The van der Waals surface area contributed by atoms with Crippen LogP contribution < -0.4 is 10.6 Å². The van der Waals surface area contributed by atoms with Gasteiger partial charge in [-0.15, -0.1) is 0 Å². The van der Waals surface area contributed by atoms with Crippen LogP contribution in [0.5, 0.6) is 0 Å². The number of nitrogens with zero attached hydrogens (tertiary/aromatic N) is 1. The van der Waals surface area contributed by atoms with Crippen LogP contribution in [0.4, 0.5) is 5.82 Å². The van der Waals surface area contributed by atoms with Gasteiger partial charge in [-0.2, -0.15) is 0 Å². The second-order valence-electron chi connectivity index (χ2n) is 4.90. The molecule has 1 aromatic heterocycles. The molecule has 1 saturated carbocycles. The quantitative estimate of drug-likeness (QED) is 0.862. The lowest BCUT2D eigenvalue weighted by molar-refractivity contribution is -0.120. The first kappa shape index (κ1) is 12.0. The number of aromatic nitrogens is 1. The van der Waals surface area contributed by atoms with E-state index in [1.807, 2.05) is 24.3 Å². The molecule has 4 nitrogen and oxygen atoms in total. The van der Waals surface area contributed by atoms with Crippen LogP contribution in [0.15, 0.2) is 36.5 Å². The van der Waals surface area contributed by atoms with Gasteiger partial charge < -0.3 is 10.6 Å². The minimum Gasteiger partial charge on any atom is -0.369 e. The van der Waals surface area contributed by atoms with Gasteiger partial charge in [-0.05, 0) is 24.3 Å². The number of hydrogen-bond acceptors (Lipinski definition) is 3. The fourth-order valence-corrected chi connectivity index (χ4v) is 2.08. The number of pyridine rings is 1. The first-order valence-corrected chi connectivity index (χ1v) is 6.70. The van der Waals surface area contributed by atoms with E-state index in [0.29, 0.717) is 19.0 Å². The van der Waals surface area contributed by atoms with Crippen LogP contribution in [0.25, 0.3) is 10.8 Å². The highest BCUT2D eigenvalue weighted by Gasteiger charge is 2.22. The average Bonchev–Trinajstić information content (AvgIpc) is 3.23. The lowest BCUT2D eigenvalue weighted by atomic mass is 10.1. The molecule has 2 N–H and O–H groups in total. The van der Waals surface area contributed by atoms with Crippen molar-refractivity contribution in [3.8, 4) is 0 Å². The molecular weight excluding hydrogens is 238 g/mol. The summed E-state index contributed by atoms with van der Waals surface area (Å²) in [5.74, 6) is 0.965. The summed E-state index contributed by atoms with van der Waals surface area (Å²) in [7, 11) is 0. The van der Waals surface area contributed by atoms with Gasteiger partial charge in [-0.1, -0.05) is 24.3 Å². The third-order valence-electron chi connectivity index (χ3n) is 3.26. The zero-order valence-corrected chi connectivity index (χ0v) is 10.7. The third-order valence-corrected chi connectivity index (χ3v) is 3.26. The van der Waals surface area contributed by atoms with Gasteiger partial charge in [0.25, 0.3) is 0 Å². The largest absolute Gasteiger partial charge is 0.369 e. The molecule has 1 fully saturated rings. The molecule has 1 aromatic carbocycles. The molecule has 0 aliphatic heterocycles. The van der Waals surface area contributed by atoms with Crippen molar-refractivity contribution in [1.82, 2.24) is 10.3 Å². The molecule has 0 spiro atoms. The molecule has 4 heteroatoms. The monoisotopic (exact) mass is 255 g/mol. The zero-order chi connectivity index (χ0) is 13.1. The number of carbonyl (C=O) groups excluding carboxylic acids is 1. The molecule has 0 saturated heterocycles. The van der Waals surface area contributed by atoms with Crippen molar-refractivity contribution >= 4 is 22.5 Å². The molecule has 19 heavy (non-hydrogen) atoms. The van der Waals surface area contributed by atoms with Crippen LogP contribution in [-0.2, 0) is 4.79 Å². The van der Waals surface area contributed by atoms with Gasteiger partial charge in [-0.3, -0.25) is 4.79 Å². The SMILES string of the molecule is O=C(CCNc1nccc2ccccc12)NC1CC1. The summed E-state index contributed by atoms with van der Waals surface area (Å²) in [5, 5.41) is 8.46. The number of nitrogens with one attached hydrogen (secondary N) is 2. The van der Waals surface area contributed by atoms with Crippen LogP contribution in [0.3, 0.4) is 0 Å². The Hall–Kier alpha value is -2.10. The second kappa shape index (κ2) is 5.26. The Morgan fingerprint density at radius 1 is 1.26 bits per heavy atom. The van der Waals surface area contributed by atoms with Crippen molar-refractivity contribution in [2.24, 2.45) is 0 Å². The Morgan fingerprint density at radius 2 is 2.11 bits per heavy atom. The molecule has 0 atom stereocenters. The molecule has 98 valence electrons. The normalized spacial score (nSPS) is 14.3. The summed E-state index contributed by atoms with van der Waals surface area (Å²) >= 11 is 0. The van der Waals surface area contributed by atoms with Crippen molar-refractivity contribution in [2.45, 2.75) is 25.3 Å². The van der Waals surface area contributed by atoms with E-state index >= 15 is 0 Å². The van der Waals surface area contributed by atoms with Gasteiger partial charge in [-0.25, -0.2) is 4.98 Å². The first-order valence-electron chi connectivity index (χ1n) is 6.70. The van der Waals surface area contributed by atoms with E-state index in [2.05, 4.69) is 21.7 Å². The van der Waals surface area contributed by atoms with Crippen molar-refractivity contribution in [3.63, 3.8) is 0 Å². The Balaban J connectivity index is 1.60. The van der Waals surface area contributed by atoms with E-state index < -0.39 is 0 Å². The predicted molar refractivity (Wildman–Crippen MR) is 76.0 cm³/mol. The maximum absolute atomic E-state index is 11.6. The molecule has 1 amide bonds. The highest BCUT2D eigenvalue weighted by molar-refractivity contribution is 5.91. The van der Waals surface area contributed by atoms with Crippen molar-refractivity contribution in [2.75, 3.05) is 11.9 Å². The average molecular weight is 255 g/mol. The fraction of sp³-hybridized carbons (Fsp3) is 0.333. The van der Waals surface area contributed by atoms with Gasteiger partial charge in [0.2, 0.25) is 5.91 Å². The smallest absolute Gasteiger partial charge is 0.221 e.